The van der Waals surface area contributed by atoms with Crippen molar-refractivity contribution in [2.75, 3.05) is 0 Å². The maximum Gasteiger partial charge on any atom is 0.488 e. The Morgan fingerprint density at radius 2 is 0.509 bits per heavy atom. The summed E-state index contributed by atoms with van der Waals surface area (Å²) in [6.07, 6.45) is 7.16. The monoisotopic (exact) mass is 1520 g/mol. The van der Waals surface area contributed by atoms with Gasteiger partial charge in [0.05, 0.1) is 33.6 Å². The Hall–Kier alpha value is -14.0. The molecule has 0 amide bonds. The number of halogens is 1. The zero-order valence-electron chi connectivity index (χ0n) is 61.6. The highest BCUT2D eigenvalue weighted by molar-refractivity contribution is 9.10. The lowest BCUT2D eigenvalue weighted by Gasteiger charge is -2.30. The summed E-state index contributed by atoms with van der Waals surface area (Å²) in [4.78, 5) is 28.6. The zero-order valence-corrected chi connectivity index (χ0v) is 63.2. The van der Waals surface area contributed by atoms with Crippen LogP contribution in [-0.4, -0.2) is 47.1 Å². The first-order valence-corrected chi connectivity index (χ1v) is 39.0. The smallest absolute Gasteiger partial charge is 0.423 e. The molecular formula is C104H68BBrN6O2. The zero-order chi connectivity index (χ0) is 76.3. The highest BCUT2D eigenvalue weighted by Gasteiger charge is 2.53. The van der Waals surface area contributed by atoms with Crippen molar-refractivity contribution >= 4 is 28.5 Å². The van der Waals surface area contributed by atoms with Crippen LogP contribution in [0.15, 0.2) is 405 Å². The molecule has 4 aromatic heterocycles. The van der Waals surface area contributed by atoms with Gasteiger partial charge in [-0.25, -0.2) is 19.9 Å². The third kappa shape index (κ3) is 11.9. The van der Waals surface area contributed by atoms with Crippen LogP contribution in [0.3, 0.4) is 0 Å². The van der Waals surface area contributed by atoms with E-state index in [1.165, 1.54) is 94.6 Å². The van der Waals surface area contributed by atoms with E-state index >= 15 is 0 Å². The fourth-order valence-corrected chi connectivity index (χ4v) is 18.2. The molecule has 0 saturated heterocycles. The van der Waals surface area contributed by atoms with E-state index in [9.17, 15) is 10.0 Å². The predicted molar refractivity (Wildman–Crippen MR) is 465 cm³/mol. The molecule has 2 spiro atoms. The first-order valence-electron chi connectivity index (χ1n) is 38.3. The van der Waals surface area contributed by atoms with Crippen molar-refractivity contribution in [3.8, 4) is 146 Å². The summed E-state index contributed by atoms with van der Waals surface area (Å²) in [5.41, 5.74) is 36.6. The molecule has 536 valence electrons. The third-order valence-corrected chi connectivity index (χ3v) is 23.2. The van der Waals surface area contributed by atoms with Crippen LogP contribution in [0.5, 0.6) is 0 Å². The van der Waals surface area contributed by atoms with Gasteiger partial charge in [0, 0.05) is 62.6 Å². The first-order chi connectivity index (χ1) is 56.2. The summed E-state index contributed by atoms with van der Waals surface area (Å²) in [6.45, 7) is 0. The van der Waals surface area contributed by atoms with Crippen molar-refractivity contribution in [3.63, 3.8) is 0 Å². The van der Waals surface area contributed by atoms with Crippen molar-refractivity contribution in [2.45, 2.75) is 10.8 Å². The molecule has 14 aromatic carbocycles. The lowest BCUT2D eigenvalue weighted by atomic mass is 9.70. The first kappa shape index (κ1) is 69.2. The topological polar surface area (TPSA) is 118 Å². The molecule has 4 aliphatic rings. The maximum absolute atomic E-state index is 9.73. The van der Waals surface area contributed by atoms with Gasteiger partial charge in [0.15, 0.2) is 11.6 Å². The van der Waals surface area contributed by atoms with Gasteiger partial charge in [0.25, 0.3) is 0 Å². The van der Waals surface area contributed by atoms with Gasteiger partial charge in [-0.1, -0.05) is 319 Å². The van der Waals surface area contributed by atoms with Crippen LogP contribution in [0.1, 0.15) is 44.5 Å². The van der Waals surface area contributed by atoms with Crippen LogP contribution < -0.4 is 5.46 Å². The molecule has 4 aliphatic carbocycles. The summed E-state index contributed by atoms with van der Waals surface area (Å²) in [5, 5.41) is 19.5. The van der Waals surface area contributed by atoms with Crippen molar-refractivity contribution in [1.82, 2.24) is 29.9 Å². The molecule has 0 fully saturated rings. The van der Waals surface area contributed by atoms with Gasteiger partial charge in [-0.05, 0) is 201 Å². The van der Waals surface area contributed by atoms with E-state index in [-0.39, 0.29) is 10.8 Å². The number of pyridine rings is 2. The Morgan fingerprint density at radius 1 is 0.219 bits per heavy atom. The molecular weight excluding hydrogens is 1460 g/mol. The van der Waals surface area contributed by atoms with Gasteiger partial charge in [-0.15, -0.1) is 0 Å². The minimum Gasteiger partial charge on any atom is -0.423 e. The number of aromatic nitrogens is 6. The molecule has 114 heavy (non-hydrogen) atoms. The van der Waals surface area contributed by atoms with E-state index in [1.54, 1.807) is 18.6 Å². The molecule has 10 heteroatoms. The number of rotatable bonds is 10. The van der Waals surface area contributed by atoms with E-state index in [1.807, 2.05) is 72.9 Å². The van der Waals surface area contributed by atoms with Gasteiger partial charge in [0.2, 0.25) is 0 Å². The van der Waals surface area contributed by atoms with Crippen LogP contribution in [0.2, 0.25) is 0 Å². The molecule has 4 heterocycles. The maximum atomic E-state index is 9.73. The molecule has 0 aliphatic heterocycles. The second-order valence-corrected chi connectivity index (χ2v) is 30.0. The fraction of sp³-hybridized carbons (Fsp3) is 0.0192. The second-order valence-electron chi connectivity index (χ2n) is 29.1. The Morgan fingerprint density at radius 3 is 0.877 bits per heavy atom. The molecule has 0 atom stereocenters. The highest BCUT2D eigenvalue weighted by atomic mass is 79.9. The van der Waals surface area contributed by atoms with Crippen molar-refractivity contribution in [3.05, 3.63) is 450 Å². The van der Waals surface area contributed by atoms with Crippen molar-refractivity contribution in [2.24, 2.45) is 0 Å². The minimum absolute atomic E-state index is 0.350. The average Bonchev–Trinajstić information content (AvgIpc) is 1.52. The van der Waals surface area contributed by atoms with Gasteiger partial charge in [0.1, 0.15) is 0 Å². The number of hydrogen-bond acceptors (Lipinski definition) is 8. The molecule has 18 aromatic rings. The molecule has 0 saturated carbocycles. The number of nitrogens with zero attached hydrogens (tertiary/aromatic N) is 6. The lowest BCUT2D eigenvalue weighted by Crippen LogP contribution is -2.31. The molecule has 22 rings (SSSR count). The standard InChI is InChI=1S/C52H33N3.C27H18BrN3.C25H17BO2/c1-2-13-34(14-3-1)35-15-10-17-38(29-35)49-32-50(55-51(54-49)40-19-12-28-53-33-40)39-18-11-16-36(30-39)37-26-27-48-44(31-37)43-22-6-9-25-47(43)52(48)45-23-7-4-20-41(45)42-21-5-8-24-46(42)52;28-24-13-5-11-22(16-24)26-17-25(30-27(31-26)23-12-6-14-29-18-23)21-10-4-9-20(15-21)19-7-2-1-3-8-19;27-26(28)16-13-14-24-20(15-16)19-9-3-6-12-23(19)25(24)21-10-4-1-7-17(21)18-8-2-5-11-22(18)25/h1-33H;1-18H;1-15,27-28H. The van der Waals surface area contributed by atoms with Crippen molar-refractivity contribution < 1.29 is 10.0 Å². The number of hydrogen-bond donors (Lipinski definition) is 2. The number of benzene rings is 14. The normalized spacial score (nSPS) is 12.7. The Bertz CT molecular complexity index is 6670. The van der Waals surface area contributed by atoms with Gasteiger partial charge >= 0.3 is 7.12 Å². The largest absolute Gasteiger partial charge is 0.488 e. The van der Waals surface area contributed by atoms with Crippen LogP contribution >= 0.6 is 15.9 Å². The van der Waals surface area contributed by atoms with Gasteiger partial charge < -0.3 is 10.0 Å². The third-order valence-electron chi connectivity index (χ3n) is 22.8. The summed E-state index contributed by atoms with van der Waals surface area (Å²) in [5.74, 6) is 1.30. The van der Waals surface area contributed by atoms with E-state index in [2.05, 4.69) is 335 Å². The predicted octanol–water partition coefficient (Wildman–Crippen LogP) is 23.6. The molecule has 0 unspecified atom stereocenters. The molecule has 0 radical (unpaired) electrons. The Balaban J connectivity index is 0.000000121. The Labute approximate surface area is 670 Å². The fourth-order valence-electron chi connectivity index (χ4n) is 17.8. The summed E-state index contributed by atoms with van der Waals surface area (Å²) in [6, 6.07) is 132. The molecule has 2 N–H and O–H groups in total. The van der Waals surface area contributed by atoms with Gasteiger partial charge in [-0.2, -0.15) is 0 Å². The van der Waals surface area contributed by atoms with Crippen molar-refractivity contribution in [1.29, 1.82) is 0 Å². The SMILES string of the molecule is Brc1cccc(-c2cc(-c3cccc(-c4ccccc4)c3)nc(-c3cccnc3)n2)c1.OB(O)c1ccc2c(c1)-c1ccccc1C21c2ccccc2-c2ccccc21.c1ccc(-c2cccc(-c3cc(-c4cccc(-c5ccc6c(c5)-c5ccccc5C65c6ccccc6-c6ccccc65)c4)nc(-c4cccnc4)n3)c2)cc1. The second kappa shape index (κ2) is 29.0. The van der Waals surface area contributed by atoms with Crippen LogP contribution in [0.25, 0.3) is 146 Å². The molecule has 0 bridgehead atoms. The van der Waals surface area contributed by atoms with Crippen LogP contribution in [0, 0.1) is 0 Å². The molecule has 8 nitrogen and oxygen atoms in total. The summed E-state index contributed by atoms with van der Waals surface area (Å²) >= 11 is 3.57. The minimum atomic E-state index is -1.47. The van der Waals surface area contributed by atoms with E-state index < -0.39 is 7.12 Å². The van der Waals surface area contributed by atoms with E-state index in [4.69, 9.17) is 19.9 Å². The quantitative estimate of drug-likeness (QED) is 0.130. The van der Waals surface area contributed by atoms with E-state index in [0.717, 1.165) is 88.4 Å². The van der Waals surface area contributed by atoms with Crippen LogP contribution in [0.4, 0.5) is 0 Å². The van der Waals surface area contributed by atoms with E-state index in [0.29, 0.717) is 17.1 Å². The van der Waals surface area contributed by atoms with Crippen LogP contribution in [-0.2, 0) is 10.8 Å². The average molecular weight is 1520 g/mol. The summed E-state index contributed by atoms with van der Waals surface area (Å²) < 4.78 is 1.01. The number of fused-ring (bicyclic) bond motifs is 20. The van der Waals surface area contributed by atoms with Gasteiger partial charge in [-0.3, -0.25) is 9.97 Å². The highest BCUT2D eigenvalue weighted by Crippen LogP contribution is 2.65. The summed E-state index contributed by atoms with van der Waals surface area (Å²) in [7, 11) is -1.47. The Kier molecular flexibility index (Phi) is 17.6. The lowest BCUT2D eigenvalue weighted by molar-refractivity contribution is 0.426.